The van der Waals surface area contributed by atoms with Gasteiger partial charge >= 0.3 is 6.18 Å². The number of thiocarbonyl (C=S) groups is 1. The molecule has 0 spiro atoms. The fraction of sp³-hybridized carbons (Fsp3) is 0.130. The first-order chi connectivity index (χ1) is 16.0. The number of aryl methyl sites for hydroxylation is 1. The van der Waals surface area contributed by atoms with E-state index in [2.05, 4.69) is 4.98 Å². The molecule has 2 aromatic heterocycles. The van der Waals surface area contributed by atoms with Crippen molar-refractivity contribution in [3.8, 4) is 0 Å². The number of benzene rings is 2. The lowest BCUT2D eigenvalue weighted by atomic mass is 10.1. The second-order valence-corrected chi connectivity index (χ2v) is 10.5. The number of aromatic nitrogens is 1. The normalized spacial score (nSPS) is 12.1. The van der Waals surface area contributed by atoms with Crippen molar-refractivity contribution in [3.63, 3.8) is 0 Å². The highest BCUT2D eigenvalue weighted by Crippen LogP contribution is 2.41. The summed E-state index contributed by atoms with van der Waals surface area (Å²) in [6.45, 7) is 1.29. The monoisotopic (exact) mass is 524 g/mol. The Morgan fingerprint density at radius 2 is 1.88 bits per heavy atom. The van der Waals surface area contributed by atoms with Crippen LogP contribution in [0.4, 0.5) is 22.6 Å². The minimum atomic E-state index is -4.93. The number of nitrogens with zero attached hydrogens (tertiary/aromatic N) is 2. The Kier molecular flexibility index (Phi) is 6.45. The first-order valence-corrected chi connectivity index (χ1v) is 12.5. The van der Waals surface area contributed by atoms with E-state index in [1.807, 2.05) is 24.3 Å². The predicted molar refractivity (Wildman–Crippen MR) is 128 cm³/mol. The largest absolute Gasteiger partial charge is 0.419 e. The van der Waals surface area contributed by atoms with Crippen molar-refractivity contribution >= 4 is 54.0 Å². The zero-order chi connectivity index (χ0) is 24.7. The molecule has 0 amide bonds. The highest BCUT2D eigenvalue weighted by Gasteiger charge is 2.35. The van der Waals surface area contributed by atoms with Crippen molar-refractivity contribution < 1.29 is 26.0 Å². The van der Waals surface area contributed by atoms with Crippen LogP contribution in [0.1, 0.15) is 22.3 Å². The Morgan fingerprint density at radius 1 is 1.15 bits per heavy atom. The number of anilines is 1. The maximum Gasteiger partial charge on any atom is 0.419 e. The van der Waals surface area contributed by atoms with Gasteiger partial charge in [0.1, 0.15) is 15.7 Å². The highest BCUT2D eigenvalue weighted by atomic mass is 32.2. The molecule has 0 radical (unpaired) electrons. The second kappa shape index (κ2) is 9.05. The number of alkyl halides is 3. The van der Waals surface area contributed by atoms with Crippen molar-refractivity contribution in [3.05, 3.63) is 89.0 Å². The number of halogens is 4. The third kappa shape index (κ3) is 4.42. The van der Waals surface area contributed by atoms with Gasteiger partial charge in [0.05, 0.1) is 12.1 Å². The van der Waals surface area contributed by atoms with Gasteiger partial charge < -0.3 is 0 Å². The summed E-state index contributed by atoms with van der Waals surface area (Å²) in [5.41, 5.74) is -0.614. The standard InChI is InChI=1S/C23H16F4N2O2S3/c1-14-17-4-2-3-5-20(17)33-22(14)29(34(30,31)21-11-28-9-8-16(21)13-32)12-15-6-7-19(24)18(10-15)23(25,26)27/h2-11,13H,12H2,1H3. The van der Waals surface area contributed by atoms with Crippen LogP contribution in [0.25, 0.3) is 10.1 Å². The Hall–Kier alpha value is -2.89. The quantitative estimate of drug-likeness (QED) is 0.213. The van der Waals surface area contributed by atoms with E-state index in [4.69, 9.17) is 12.2 Å². The van der Waals surface area contributed by atoms with Crippen LogP contribution in [0.5, 0.6) is 0 Å². The minimum Gasteiger partial charge on any atom is -0.263 e. The molecule has 4 aromatic rings. The average Bonchev–Trinajstić information content (AvgIpc) is 3.13. The molecule has 4 rings (SSSR count). The van der Waals surface area contributed by atoms with Gasteiger partial charge in [0, 0.05) is 28.0 Å². The summed E-state index contributed by atoms with van der Waals surface area (Å²) in [7, 11) is -4.32. The molecule has 0 bridgehead atoms. The molecule has 0 aliphatic heterocycles. The summed E-state index contributed by atoms with van der Waals surface area (Å²) in [4.78, 5) is 3.72. The molecular weight excluding hydrogens is 508 g/mol. The van der Waals surface area contributed by atoms with Crippen LogP contribution in [-0.4, -0.2) is 18.8 Å². The molecule has 4 nitrogen and oxygen atoms in total. The summed E-state index contributed by atoms with van der Waals surface area (Å²) in [6, 6.07) is 11.2. The van der Waals surface area contributed by atoms with E-state index in [-0.39, 0.29) is 16.0 Å². The summed E-state index contributed by atoms with van der Waals surface area (Å²) in [6.07, 6.45) is -2.39. The molecule has 0 N–H and O–H groups in total. The van der Waals surface area contributed by atoms with Gasteiger partial charge in [-0.15, -0.1) is 11.3 Å². The van der Waals surface area contributed by atoms with Crippen LogP contribution >= 0.6 is 23.6 Å². The molecule has 34 heavy (non-hydrogen) atoms. The molecule has 0 fully saturated rings. The number of rotatable bonds is 6. The molecule has 11 heteroatoms. The van der Waals surface area contributed by atoms with Gasteiger partial charge in [0.15, 0.2) is 0 Å². The lowest BCUT2D eigenvalue weighted by molar-refractivity contribution is -0.140. The minimum absolute atomic E-state index is 0.0260. The zero-order valence-corrected chi connectivity index (χ0v) is 20.0. The van der Waals surface area contributed by atoms with E-state index in [0.29, 0.717) is 22.7 Å². The van der Waals surface area contributed by atoms with Gasteiger partial charge in [-0.2, -0.15) is 13.2 Å². The topological polar surface area (TPSA) is 50.3 Å². The predicted octanol–water partition coefficient (Wildman–Crippen LogP) is 6.51. The Labute approximate surface area is 202 Å². The van der Waals surface area contributed by atoms with Gasteiger partial charge in [-0.25, -0.2) is 12.8 Å². The Bertz CT molecular complexity index is 1500. The molecule has 0 aliphatic rings. The first kappa shape index (κ1) is 24.2. The second-order valence-electron chi connectivity index (χ2n) is 7.38. The Morgan fingerprint density at radius 3 is 2.56 bits per heavy atom. The van der Waals surface area contributed by atoms with Crippen molar-refractivity contribution in [2.24, 2.45) is 0 Å². The fourth-order valence-corrected chi connectivity index (χ4v) is 6.87. The van der Waals surface area contributed by atoms with Crippen LogP contribution in [-0.2, 0) is 22.7 Å². The summed E-state index contributed by atoms with van der Waals surface area (Å²) in [5, 5.41) is 2.35. The van der Waals surface area contributed by atoms with E-state index in [0.717, 1.165) is 26.7 Å². The SMILES string of the molecule is Cc1c(N(Cc2ccc(F)c(C(F)(F)F)c2)S(=O)(=O)c2cnccc2C=S)sc2ccccc12. The van der Waals surface area contributed by atoms with Gasteiger partial charge in [-0.3, -0.25) is 9.29 Å². The molecule has 176 valence electrons. The van der Waals surface area contributed by atoms with Crippen molar-refractivity contribution in [1.29, 1.82) is 0 Å². The maximum absolute atomic E-state index is 13.9. The molecule has 0 atom stereocenters. The van der Waals surface area contributed by atoms with Crippen LogP contribution in [0, 0.1) is 12.7 Å². The van der Waals surface area contributed by atoms with Gasteiger partial charge in [-0.05, 0) is 47.7 Å². The van der Waals surface area contributed by atoms with Crippen molar-refractivity contribution in [2.45, 2.75) is 24.5 Å². The highest BCUT2D eigenvalue weighted by molar-refractivity contribution is 7.93. The van der Waals surface area contributed by atoms with Gasteiger partial charge in [0.2, 0.25) is 0 Å². The third-order valence-corrected chi connectivity index (χ3v) is 8.67. The molecule has 0 saturated carbocycles. The maximum atomic E-state index is 13.9. The molecule has 2 heterocycles. The molecule has 0 aliphatic carbocycles. The number of sulfonamides is 1. The lowest BCUT2D eigenvalue weighted by Crippen LogP contribution is -2.31. The van der Waals surface area contributed by atoms with Crippen LogP contribution in [0.15, 0.2) is 65.8 Å². The summed E-state index contributed by atoms with van der Waals surface area (Å²) in [5.74, 6) is -1.43. The van der Waals surface area contributed by atoms with Crippen LogP contribution in [0.2, 0.25) is 0 Å². The number of hydrogen-bond acceptors (Lipinski definition) is 5. The third-order valence-electron chi connectivity index (χ3n) is 5.22. The van der Waals surface area contributed by atoms with Crippen molar-refractivity contribution in [2.75, 3.05) is 4.31 Å². The number of thiophene rings is 1. The molecular formula is C23H16F4N2O2S3. The lowest BCUT2D eigenvalue weighted by Gasteiger charge is -2.25. The number of fused-ring (bicyclic) bond motifs is 1. The van der Waals surface area contributed by atoms with E-state index in [9.17, 15) is 26.0 Å². The average molecular weight is 525 g/mol. The smallest absolute Gasteiger partial charge is 0.263 e. The van der Waals surface area contributed by atoms with E-state index >= 15 is 0 Å². The molecule has 0 saturated heterocycles. The van der Waals surface area contributed by atoms with Crippen molar-refractivity contribution in [1.82, 2.24) is 4.98 Å². The van der Waals surface area contributed by atoms with Crippen LogP contribution in [0.3, 0.4) is 0 Å². The van der Waals surface area contributed by atoms with Gasteiger partial charge in [0.25, 0.3) is 10.0 Å². The first-order valence-electron chi connectivity index (χ1n) is 9.79. The van der Waals surface area contributed by atoms with E-state index in [1.54, 1.807) is 6.92 Å². The number of pyridine rings is 1. The van der Waals surface area contributed by atoms with E-state index in [1.165, 1.54) is 29.0 Å². The fourth-order valence-electron chi connectivity index (χ4n) is 3.54. The summed E-state index contributed by atoms with van der Waals surface area (Å²) >= 11 is 6.15. The summed E-state index contributed by atoms with van der Waals surface area (Å²) < 4.78 is 83.2. The number of hydrogen-bond donors (Lipinski definition) is 0. The molecule has 2 aromatic carbocycles. The van der Waals surface area contributed by atoms with Gasteiger partial charge in [-0.1, -0.05) is 36.5 Å². The van der Waals surface area contributed by atoms with E-state index < -0.39 is 34.1 Å². The molecule has 0 unspecified atom stereocenters. The van der Waals surface area contributed by atoms with Crippen LogP contribution < -0.4 is 4.31 Å². The Balaban J connectivity index is 1.92. The zero-order valence-electron chi connectivity index (χ0n) is 17.5.